The van der Waals surface area contributed by atoms with Crippen molar-refractivity contribution in [1.82, 2.24) is 0 Å². The van der Waals surface area contributed by atoms with Crippen molar-refractivity contribution in [2.75, 3.05) is 0 Å². The Kier molecular flexibility index (Phi) is 8.54. The van der Waals surface area contributed by atoms with Gasteiger partial charge in [-0.25, -0.2) is 0 Å². The van der Waals surface area contributed by atoms with Crippen LogP contribution in [-0.4, -0.2) is 10.8 Å². The molecule has 0 amide bonds. The molecule has 0 saturated heterocycles. The fraction of sp³-hybridized carbons (Fsp3) is 0.625. The Labute approximate surface area is 122 Å². The van der Waals surface area contributed by atoms with E-state index in [9.17, 15) is 0 Å². The van der Waals surface area contributed by atoms with E-state index in [4.69, 9.17) is 23.2 Å². The van der Waals surface area contributed by atoms with Gasteiger partial charge in [0.05, 0.1) is 0 Å². The maximum absolute atomic E-state index is 6.37. The van der Waals surface area contributed by atoms with Gasteiger partial charge in [-0.05, 0) is 24.8 Å². The van der Waals surface area contributed by atoms with E-state index in [1.165, 1.54) is 31.2 Å². The summed E-state index contributed by atoms with van der Waals surface area (Å²) in [5.41, 5.74) is 1.30. The number of hydrogen-bond donors (Lipinski definition) is 0. The molecule has 0 fully saturated rings. The van der Waals surface area contributed by atoms with E-state index in [1.807, 2.05) is 6.07 Å². The first-order valence-electron chi connectivity index (χ1n) is 7.04. The van der Waals surface area contributed by atoms with E-state index in [2.05, 4.69) is 31.2 Å². The first kappa shape index (κ1) is 15.9. The second kappa shape index (κ2) is 9.69. The number of benzene rings is 1. The summed E-state index contributed by atoms with van der Waals surface area (Å²) in [5.74, 6) is 0. The van der Waals surface area contributed by atoms with Crippen molar-refractivity contribution in [3.05, 3.63) is 35.9 Å². The summed E-state index contributed by atoms with van der Waals surface area (Å²) in [6, 6.07) is 10.4. The Morgan fingerprint density at radius 3 is 2.33 bits per heavy atom. The van der Waals surface area contributed by atoms with Crippen molar-refractivity contribution in [2.24, 2.45) is 0 Å². The van der Waals surface area contributed by atoms with Crippen molar-refractivity contribution in [1.29, 1.82) is 0 Å². The van der Waals surface area contributed by atoms with Crippen LogP contribution in [0.25, 0.3) is 0 Å². The van der Waals surface area contributed by atoms with E-state index in [1.54, 1.807) is 0 Å². The molecule has 0 radical (unpaired) electrons. The quantitative estimate of drug-likeness (QED) is 0.397. The lowest BCUT2D eigenvalue weighted by atomic mass is 10.0. The standard InChI is InChI=1S/C16H24Cl2/c1-2-3-4-8-11-15(17)13-16(18)12-14-9-6-5-7-10-14/h5-7,9-10,15-16H,2-4,8,11-13H2,1H3/t15-,16+/m1/s1. The minimum absolute atomic E-state index is 0.154. The van der Waals surface area contributed by atoms with E-state index in [0.29, 0.717) is 0 Å². The van der Waals surface area contributed by atoms with Gasteiger partial charge in [-0.1, -0.05) is 62.9 Å². The predicted molar refractivity (Wildman–Crippen MR) is 82.8 cm³/mol. The first-order valence-corrected chi connectivity index (χ1v) is 7.91. The Morgan fingerprint density at radius 1 is 0.944 bits per heavy atom. The average Bonchev–Trinajstić information content (AvgIpc) is 2.35. The highest BCUT2D eigenvalue weighted by Gasteiger charge is 2.12. The van der Waals surface area contributed by atoms with Crippen molar-refractivity contribution in [2.45, 2.75) is 62.6 Å². The number of unbranched alkanes of at least 4 members (excludes halogenated alkanes) is 3. The van der Waals surface area contributed by atoms with Gasteiger partial charge in [0.25, 0.3) is 0 Å². The first-order chi connectivity index (χ1) is 8.72. The lowest BCUT2D eigenvalue weighted by Gasteiger charge is -2.14. The predicted octanol–water partition coefficient (Wildman–Crippen LogP) is 5.80. The molecule has 2 heteroatoms. The summed E-state index contributed by atoms with van der Waals surface area (Å²) in [4.78, 5) is 0. The zero-order chi connectivity index (χ0) is 13.2. The average molecular weight is 287 g/mol. The maximum Gasteiger partial charge on any atom is 0.0390 e. The smallest absolute Gasteiger partial charge is 0.0390 e. The van der Waals surface area contributed by atoms with E-state index in [-0.39, 0.29) is 10.8 Å². The second-order valence-electron chi connectivity index (χ2n) is 4.97. The van der Waals surface area contributed by atoms with Crippen LogP contribution >= 0.6 is 23.2 Å². The fourth-order valence-electron chi connectivity index (χ4n) is 2.14. The van der Waals surface area contributed by atoms with Crippen molar-refractivity contribution < 1.29 is 0 Å². The molecule has 0 aliphatic carbocycles. The van der Waals surface area contributed by atoms with Gasteiger partial charge in [-0.15, -0.1) is 23.2 Å². The van der Waals surface area contributed by atoms with Crippen LogP contribution in [0.2, 0.25) is 0 Å². The van der Waals surface area contributed by atoms with Crippen molar-refractivity contribution in [3.63, 3.8) is 0 Å². The molecular weight excluding hydrogens is 263 g/mol. The molecule has 0 N–H and O–H groups in total. The zero-order valence-corrected chi connectivity index (χ0v) is 12.8. The molecule has 0 spiro atoms. The highest BCUT2D eigenvalue weighted by molar-refractivity contribution is 6.23. The lowest BCUT2D eigenvalue weighted by Crippen LogP contribution is -2.11. The van der Waals surface area contributed by atoms with Gasteiger partial charge in [0.2, 0.25) is 0 Å². The Bertz CT molecular complexity index is 297. The molecule has 0 heterocycles. The normalized spacial score (nSPS) is 14.4. The van der Waals surface area contributed by atoms with Crippen LogP contribution in [0.3, 0.4) is 0 Å². The molecule has 0 aliphatic heterocycles. The van der Waals surface area contributed by atoms with Gasteiger partial charge in [0, 0.05) is 10.8 Å². The molecule has 0 aromatic heterocycles. The third-order valence-electron chi connectivity index (χ3n) is 3.18. The topological polar surface area (TPSA) is 0 Å². The molecule has 1 aromatic rings. The van der Waals surface area contributed by atoms with E-state index >= 15 is 0 Å². The molecule has 18 heavy (non-hydrogen) atoms. The van der Waals surface area contributed by atoms with E-state index in [0.717, 1.165) is 19.3 Å². The summed E-state index contributed by atoms with van der Waals surface area (Å²) in [7, 11) is 0. The van der Waals surface area contributed by atoms with Crippen LogP contribution in [0.4, 0.5) is 0 Å². The fourth-order valence-corrected chi connectivity index (χ4v) is 2.99. The lowest BCUT2D eigenvalue weighted by molar-refractivity contribution is 0.584. The molecule has 0 bridgehead atoms. The number of halogens is 2. The Hall–Kier alpha value is -0.200. The molecule has 0 nitrogen and oxygen atoms in total. The Balaban J connectivity index is 2.17. The zero-order valence-electron chi connectivity index (χ0n) is 11.2. The molecular formula is C16H24Cl2. The number of rotatable bonds is 9. The van der Waals surface area contributed by atoms with E-state index < -0.39 is 0 Å². The minimum Gasteiger partial charge on any atom is -0.123 e. The summed E-state index contributed by atoms with van der Waals surface area (Å²) in [5, 5.41) is 0.383. The number of hydrogen-bond acceptors (Lipinski definition) is 0. The van der Waals surface area contributed by atoms with Crippen LogP contribution in [0.15, 0.2) is 30.3 Å². The molecule has 0 saturated carbocycles. The highest BCUT2D eigenvalue weighted by atomic mass is 35.5. The monoisotopic (exact) mass is 286 g/mol. The van der Waals surface area contributed by atoms with Gasteiger partial charge >= 0.3 is 0 Å². The van der Waals surface area contributed by atoms with Gasteiger partial charge < -0.3 is 0 Å². The minimum atomic E-state index is 0.154. The third kappa shape index (κ3) is 7.28. The SMILES string of the molecule is CCCCCC[C@@H](Cl)C[C@@H](Cl)Cc1ccccc1. The van der Waals surface area contributed by atoms with Crippen molar-refractivity contribution in [3.8, 4) is 0 Å². The van der Waals surface area contributed by atoms with Crippen LogP contribution < -0.4 is 0 Å². The third-order valence-corrected chi connectivity index (χ3v) is 3.91. The summed E-state index contributed by atoms with van der Waals surface area (Å²) in [6.45, 7) is 2.23. The molecule has 102 valence electrons. The largest absolute Gasteiger partial charge is 0.123 e. The van der Waals surface area contributed by atoms with Gasteiger partial charge in [-0.3, -0.25) is 0 Å². The van der Waals surface area contributed by atoms with Gasteiger partial charge in [0.1, 0.15) is 0 Å². The molecule has 0 aliphatic rings. The highest BCUT2D eigenvalue weighted by Crippen LogP contribution is 2.20. The number of alkyl halides is 2. The Morgan fingerprint density at radius 2 is 1.67 bits per heavy atom. The van der Waals surface area contributed by atoms with Crippen LogP contribution in [0.5, 0.6) is 0 Å². The molecule has 0 unspecified atom stereocenters. The maximum atomic E-state index is 6.37. The summed E-state index contributed by atoms with van der Waals surface area (Å²) in [6.07, 6.45) is 8.05. The molecule has 1 aromatic carbocycles. The van der Waals surface area contributed by atoms with Crippen LogP contribution in [-0.2, 0) is 6.42 Å². The summed E-state index contributed by atoms with van der Waals surface area (Å²) >= 11 is 12.7. The van der Waals surface area contributed by atoms with Gasteiger partial charge in [0.15, 0.2) is 0 Å². The van der Waals surface area contributed by atoms with Gasteiger partial charge in [-0.2, -0.15) is 0 Å². The van der Waals surface area contributed by atoms with Crippen LogP contribution in [0.1, 0.15) is 51.0 Å². The molecule has 1 rings (SSSR count). The molecule has 2 atom stereocenters. The van der Waals surface area contributed by atoms with Crippen LogP contribution in [0, 0.1) is 0 Å². The second-order valence-corrected chi connectivity index (χ2v) is 6.20. The van der Waals surface area contributed by atoms with Crippen molar-refractivity contribution >= 4 is 23.2 Å². The summed E-state index contributed by atoms with van der Waals surface area (Å²) < 4.78 is 0.